The predicted molar refractivity (Wildman–Crippen MR) is 67.4 cm³/mol. The van der Waals surface area contributed by atoms with Gasteiger partial charge in [0.2, 0.25) is 0 Å². The van der Waals surface area contributed by atoms with E-state index in [0.717, 1.165) is 6.42 Å². The van der Waals surface area contributed by atoms with Gasteiger partial charge in [0, 0.05) is 0 Å². The summed E-state index contributed by atoms with van der Waals surface area (Å²) < 4.78 is 5.16. The van der Waals surface area contributed by atoms with E-state index in [1.807, 2.05) is 12.1 Å². The van der Waals surface area contributed by atoms with Gasteiger partial charge in [-0.15, -0.1) is 0 Å². The molecule has 0 saturated carbocycles. The minimum absolute atomic E-state index is 0.242. The van der Waals surface area contributed by atoms with Gasteiger partial charge >= 0.3 is 0 Å². The molecule has 0 fully saturated rings. The Hall–Kier alpha value is -1.18. The molecule has 0 bridgehead atoms. The van der Waals surface area contributed by atoms with Crippen LogP contribution in [0.1, 0.15) is 50.7 Å². The van der Waals surface area contributed by atoms with Crippen molar-refractivity contribution in [2.24, 2.45) is 0 Å². The Labute approximate surface area is 98.3 Å². The third-order valence-corrected chi connectivity index (χ3v) is 3.07. The zero-order chi connectivity index (χ0) is 12.1. The summed E-state index contributed by atoms with van der Waals surface area (Å²) in [5, 5.41) is 9.73. The molecule has 0 aliphatic heterocycles. The quantitative estimate of drug-likeness (QED) is 0.819. The Morgan fingerprint density at radius 1 is 1.31 bits per heavy atom. The molecule has 1 atom stereocenters. The highest BCUT2D eigenvalue weighted by Gasteiger charge is 2.13. The van der Waals surface area contributed by atoms with Crippen LogP contribution in [-0.2, 0) is 6.42 Å². The van der Waals surface area contributed by atoms with Gasteiger partial charge < -0.3 is 9.84 Å². The summed E-state index contributed by atoms with van der Waals surface area (Å²) in [6.45, 7) is 6.54. The number of hydrogen-bond donors (Lipinski definition) is 1. The number of hydrogen-bond acceptors (Lipinski definition) is 2. The number of phenolic OH excluding ortho intramolecular Hbond substituents is 1. The summed E-state index contributed by atoms with van der Waals surface area (Å²) in [5.74, 6) is 1.34. The van der Waals surface area contributed by atoms with Crippen LogP contribution in [0, 0.1) is 0 Å². The van der Waals surface area contributed by atoms with E-state index in [0.29, 0.717) is 11.7 Å². The van der Waals surface area contributed by atoms with Crippen molar-refractivity contribution >= 4 is 0 Å². The summed E-state index contributed by atoms with van der Waals surface area (Å²) in [6, 6.07) is 3.81. The van der Waals surface area contributed by atoms with Crippen molar-refractivity contribution in [3.63, 3.8) is 0 Å². The zero-order valence-electron chi connectivity index (χ0n) is 10.7. The maximum absolute atomic E-state index is 9.73. The molecule has 2 nitrogen and oxygen atoms in total. The van der Waals surface area contributed by atoms with Gasteiger partial charge in [-0.1, -0.05) is 27.2 Å². The summed E-state index contributed by atoms with van der Waals surface area (Å²) in [7, 11) is 1.59. The third-order valence-electron chi connectivity index (χ3n) is 3.07. The molecule has 0 unspecified atom stereocenters. The van der Waals surface area contributed by atoms with Crippen LogP contribution in [0.2, 0.25) is 0 Å². The van der Waals surface area contributed by atoms with Gasteiger partial charge in [-0.25, -0.2) is 0 Å². The number of benzene rings is 1. The number of methoxy groups -OCH3 is 1. The highest BCUT2D eigenvalue weighted by molar-refractivity contribution is 5.47. The summed E-state index contributed by atoms with van der Waals surface area (Å²) in [4.78, 5) is 0. The Morgan fingerprint density at radius 2 is 2.00 bits per heavy atom. The normalized spacial score (nSPS) is 12.5. The first-order valence-corrected chi connectivity index (χ1v) is 6.03. The molecule has 0 aliphatic carbocycles. The summed E-state index contributed by atoms with van der Waals surface area (Å²) >= 11 is 0. The van der Waals surface area contributed by atoms with Gasteiger partial charge in [0.05, 0.1) is 7.11 Å². The standard InChI is InChI=1S/C14H22O2/c1-5-7-10(3)12-9-14(16-4)13(15)8-11(12)6-2/h8-10,15H,5-7H2,1-4H3/t10-/m1/s1. The van der Waals surface area contributed by atoms with Gasteiger partial charge in [-0.2, -0.15) is 0 Å². The molecular weight excluding hydrogens is 200 g/mol. The predicted octanol–water partition coefficient (Wildman–Crippen LogP) is 3.87. The van der Waals surface area contributed by atoms with Gasteiger partial charge in [-0.3, -0.25) is 0 Å². The van der Waals surface area contributed by atoms with Gasteiger partial charge in [0.1, 0.15) is 0 Å². The largest absolute Gasteiger partial charge is 0.504 e. The molecule has 0 spiro atoms. The molecule has 1 N–H and O–H groups in total. The molecule has 0 aromatic heterocycles. The van der Waals surface area contributed by atoms with Crippen LogP contribution in [0.25, 0.3) is 0 Å². The van der Waals surface area contributed by atoms with E-state index in [9.17, 15) is 5.11 Å². The van der Waals surface area contributed by atoms with E-state index in [1.165, 1.54) is 24.0 Å². The smallest absolute Gasteiger partial charge is 0.160 e. The Kier molecular flexibility index (Phi) is 4.66. The topological polar surface area (TPSA) is 29.5 Å². The van der Waals surface area contributed by atoms with Crippen LogP contribution in [0.5, 0.6) is 11.5 Å². The van der Waals surface area contributed by atoms with Crippen LogP contribution >= 0.6 is 0 Å². The second-order valence-electron chi connectivity index (χ2n) is 4.27. The average Bonchev–Trinajstić information content (AvgIpc) is 2.28. The number of aryl methyl sites for hydroxylation is 1. The average molecular weight is 222 g/mol. The highest BCUT2D eigenvalue weighted by atomic mass is 16.5. The Morgan fingerprint density at radius 3 is 2.50 bits per heavy atom. The third kappa shape index (κ3) is 2.69. The van der Waals surface area contributed by atoms with Gasteiger partial charge in [0.15, 0.2) is 11.5 Å². The second-order valence-corrected chi connectivity index (χ2v) is 4.27. The van der Waals surface area contributed by atoms with E-state index < -0.39 is 0 Å². The van der Waals surface area contributed by atoms with Crippen LogP contribution in [0.15, 0.2) is 12.1 Å². The lowest BCUT2D eigenvalue weighted by Gasteiger charge is -2.17. The molecule has 0 radical (unpaired) electrons. The number of phenols is 1. The van der Waals surface area contributed by atoms with Crippen molar-refractivity contribution < 1.29 is 9.84 Å². The maximum Gasteiger partial charge on any atom is 0.160 e. The lowest BCUT2D eigenvalue weighted by atomic mass is 9.90. The summed E-state index contributed by atoms with van der Waals surface area (Å²) in [6.07, 6.45) is 3.29. The number of ether oxygens (including phenoxy) is 1. The molecule has 2 heteroatoms. The van der Waals surface area contributed by atoms with Crippen molar-refractivity contribution in [2.75, 3.05) is 7.11 Å². The van der Waals surface area contributed by atoms with Crippen LogP contribution in [-0.4, -0.2) is 12.2 Å². The van der Waals surface area contributed by atoms with Gasteiger partial charge in [-0.05, 0) is 42.0 Å². The molecule has 16 heavy (non-hydrogen) atoms. The fourth-order valence-corrected chi connectivity index (χ4v) is 2.14. The minimum Gasteiger partial charge on any atom is -0.504 e. The molecule has 90 valence electrons. The van der Waals surface area contributed by atoms with Crippen LogP contribution in [0.3, 0.4) is 0 Å². The van der Waals surface area contributed by atoms with E-state index >= 15 is 0 Å². The Balaban J connectivity index is 3.13. The first-order chi connectivity index (χ1) is 7.63. The first-order valence-electron chi connectivity index (χ1n) is 6.03. The maximum atomic E-state index is 9.73. The fraction of sp³-hybridized carbons (Fsp3) is 0.571. The number of rotatable bonds is 5. The van der Waals surface area contributed by atoms with Crippen molar-refractivity contribution in [3.05, 3.63) is 23.3 Å². The molecule has 1 aromatic rings. The minimum atomic E-state index is 0.242. The van der Waals surface area contributed by atoms with Crippen LogP contribution in [0.4, 0.5) is 0 Å². The van der Waals surface area contributed by atoms with Crippen molar-refractivity contribution in [3.8, 4) is 11.5 Å². The second kappa shape index (κ2) is 5.78. The SMILES string of the molecule is CCC[C@@H](C)c1cc(OC)c(O)cc1CC. The lowest BCUT2D eigenvalue weighted by molar-refractivity contribution is 0.372. The summed E-state index contributed by atoms with van der Waals surface area (Å²) in [5.41, 5.74) is 2.53. The van der Waals surface area contributed by atoms with Crippen molar-refractivity contribution in [2.45, 2.75) is 46.0 Å². The molecule has 0 heterocycles. The number of aromatic hydroxyl groups is 1. The van der Waals surface area contributed by atoms with E-state index in [4.69, 9.17) is 4.74 Å². The van der Waals surface area contributed by atoms with Gasteiger partial charge in [0.25, 0.3) is 0 Å². The van der Waals surface area contributed by atoms with Crippen LogP contribution < -0.4 is 4.74 Å². The fourth-order valence-electron chi connectivity index (χ4n) is 2.14. The molecular formula is C14H22O2. The first kappa shape index (κ1) is 12.9. The highest BCUT2D eigenvalue weighted by Crippen LogP contribution is 2.34. The van der Waals surface area contributed by atoms with E-state index in [2.05, 4.69) is 20.8 Å². The lowest BCUT2D eigenvalue weighted by Crippen LogP contribution is -2.00. The van der Waals surface area contributed by atoms with E-state index in [-0.39, 0.29) is 5.75 Å². The van der Waals surface area contributed by atoms with E-state index in [1.54, 1.807) is 7.11 Å². The molecule has 1 aromatic carbocycles. The molecule has 0 aliphatic rings. The molecule has 0 amide bonds. The molecule has 0 saturated heterocycles. The van der Waals surface area contributed by atoms with Crippen molar-refractivity contribution in [1.29, 1.82) is 0 Å². The zero-order valence-corrected chi connectivity index (χ0v) is 10.7. The monoisotopic (exact) mass is 222 g/mol. The van der Waals surface area contributed by atoms with Crippen molar-refractivity contribution in [1.82, 2.24) is 0 Å². The molecule has 1 rings (SSSR count). The Bertz CT molecular complexity index is 345.